The van der Waals surface area contributed by atoms with Gasteiger partial charge < -0.3 is 4.74 Å². The Morgan fingerprint density at radius 2 is 1.80 bits per heavy atom. The zero-order valence-corrected chi connectivity index (χ0v) is 14.8. The van der Waals surface area contributed by atoms with Crippen molar-refractivity contribution < 1.29 is 17.9 Å². The molecule has 1 amide bonds. The second-order valence-corrected chi connectivity index (χ2v) is 7.55. The van der Waals surface area contributed by atoms with E-state index in [0.29, 0.717) is 24.1 Å². The van der Waals surface area contributed by atoms with Crippen molar-refractivity contribution in [3.8, 4) is 0 Å². The molecule has 0 radical (unpaired) electrons. The number of carbonyl (C=O) groups excluding carboxylic acids is 1. The Labute approximate surface area is 147 Å². The summed E-state index contributed by atoms with van der Waals surface area (Å²) in [6, 6.07) is 14.5. The van der Waals surface area contributed by atoms with Crippen molar-refractivity contribution in [1.82, 2.24) is 9.03 Å². The van der Waals surface area contributed by atoms with Crippen molar-refractivity contribution in [3.63, 3.8) is 0 Å². The van der Waals surface area contributed by atoms with Gasteiger partial charge in [0.1, 0.15) is 0 Å². The number of nitrogens with one attached hydrogen (secondary N) is 1. The lowest BCUT2D eigenvalue weighted by molar-refractivity contribution is 0.0974. The highest BCUT2D eigenvalue weighted by molar-refractivity contribution is 7.87. The lowest BCUT2D eigenvalue weighted by atomic mass is 10.0. The smallest absolute Gasteiger partial charge is 0.304 e. The van der Waals surface area contributed by atoms with Crippen LogP contribution in [0.1, 0.15) is 27.0 Å². The Bertz CT molecular complexity index is 880. The summed E-state index contributed by atoms with van der Waals surface area (Å²) < 4.78 is 33.8. The zero-order chi connectivity index (χ0) is 17.9. The molecule has 132 valence electrons. The standard InChI is InChI=1S/C18H20N2O4S/c1-24-13-16-8-4-5-9-17(16)18(21)19-25(22,23)20-11-10-14-6-2-3-7-15(14)12-20/h2-9H,10-13H2,1H3,(H,19,21). The van der Waals surface area contributed by atoms with Gasteiger partial charge >= 0.3 is 10.2 Å². The molecule has 0 bridgehead atoms. The summed E-state index contributed by atoms with van der Waals surface area (Å²) in [6.07, 6.45) is 0.630. The van der Waals surface area contributed by atoms with Crippen LogP contribution in [0, 0.1) is 0 Å². The summed E-state index contributed by atoms with van der Waals surface area (Å²) in [5.41, 5.74) is 3.05. The number of benzene rings is 2. The number of fused-ring (bicyclic) bond motifs is 1. The maximum atomic E-state index is 12.6. The molecule has 0 fully saturated rings. The average Bonchev–Trinajstić information content (AvgIpc) is 2.61. The lowest BCUT2D eigenvalue weighted by Gasteiger charge is -2.28. The molecular formula is C18H20N2O4S. The van der Waals surface area contributed by atoms with E-state index in [0.717, 1.165) is 11.1 Å². The van der Waals surface area contributed by atoms with E-state index >= 15 is 0 Å². The number of hydrogen-bond donors (Lipinski definition) is 1. The fourth-order valence-corrected chi connectivity index (χ4v) is 4.05. The third-order valence-electron chi connectivity index (χ3n) is 4.22. The summed E-state index contributed by atoms with van der Waals surface area (Å²) >= 11 is 0. The summed E-state index contributed by atoms with van der Waals surface area (Å²) in [5, 5.41) is 0. The van der Waals surface area contributed by atoms with Gasteiger partial charge in [0.15, 0.2) is 0 Å². The van der Waals surface area contributed by atoms with E-state index in [-0.39, 0.29) is 13.2 Å². The number of amides is 1. The number of ether oxygens (including phenoxy) is 1. The van der Waals surface area contributed by atoms with Gasteiger partial charge in [-0.25, -0.2) is 4.72 Å². The van der Waals surface area contributed by atoms with Crippen molar-refractivity contribution in [2.24, 2.45) is 0 Å². The molecule has 25 heavy (non-hydrogen) atoms. The molecular weight excluding hydrogens is 340 g/mol. The van der Waals surface area contributed by atoms with E-state index < -0.39 is 16.1 Å². The van der Waals surface area contributed by atoms with Crippen molar-refractivity contribution in [2.75, 3.05) is 13.7 Å². The molecule has 2 aromatic carbocycles. The Kier molecular flexibility index (Phi) is 5.17. The number of rotatable bonds is 5. The van der Waals surface area contributed by atoms with Gasteiger partial charge in [0, 0.05) is 25.8 Å². The monoisotopic (exact) mass is 360 g/mol. The van der Waals surface area contributed by atoms with Crippen LogP contribution in [0.15, 0.2) is 48.5 Å². The van der Waals surface area contributed by atoms with E-state index in [2.05, 4.69) is 4.72 Å². The van der Waals surface area contributed by atoms with E-state index in [1.807, 2.05) is 24.3 Å². The van der Waals surface area contributed by atoms with Crippen LogP contribution in [0.3, 0.4) is 0 Å². The fraction of sp³-hybridized carbons (Fsp3) is 0.278. The van der Waals surface area contributed by atoms with Gasteiger partial charge in [-0.05, 0) is 29.2 Å². The van der Waals surface area contributed by atoms with E-state index in [4.69, 9.17) is 4.74 Å². The fourth-order valence-electron chi connectivity index (χ4n) is 2.93. The third-order valence-corrected chi connectivity index (χ3v) is 5.65. The van der Waals surface area contributed by atoms with Crippen LogP contribution < -0.4 is 4.72 Å². The topological polar surface area (TPSA) is 75.7 Å². The summed E-state index contributed by atoms with van der Waals surface area (Å²) in [4.78, 5) is 12.5. The van der Waals surface area contributed by atoms with Gasteiger partial charge in [0.25, 0.3) is 5.91 Å². The minimum atomic E-state index is -3.91. The first-order valence-electron chi connectivity index (χ1n) is 7.97. The molecule has 0 aromatic heterocycles. The molecule has 0 aliphatic carbocycles. The SMILES string of the molecule is COCc1ccccc1C(=O)NS(=O)(=O)N1CCc2ccccc2C1. The normalized spacial score (nSPS) is 14.8. The van der Waals surface area contributed by atoms with Crippen molar-refractivity contribution in [1.29, 1.82) is 0 Å². The summed E-state index contributed by atoms with van der Waals surface area (Å²) in [7, 11) is -2.39. The van der Waals surface area contributed by atoms with E-state index in [9.17, 15) is 13.2 Å². The first-order chi connectivity index (χ1) is 12.0. The highest BCUT2D eigenvalue weighted by Crippen LogP contribution is 2.20. The van der Waals surface area contributed by atoms with Crippen molar-refractivity contribution in [2.45, 2.75) is 19.6 Å². The highest BCUT2D eigenvalue weighted by Gasteiger charge is 2.28. The minimum absolute atomic E-state index is 0.237. The molecule has 6 nitrogen and oxygen atoms in total. The third kappa shape index (κ3) is 3.89. The van der Waals surface area contributed by atoms with Crippen LogP contribution in [-0.2, 0) is 34.5 Å². The molecule has 1 aliphatic heterocycles. The van der Waals surface area contributed by atoms with Gasteiger partial charge in [0.2, 0.25) is 0 Å². The number of hydrogen-bond acceptors (Lipinski definition) is 4. The zero-order valence-electron chi connectivity index (χ0n) is 13.9. The van der Waals surface area contributed by atoms with Crippen LogP contribution in [-0.4, -0.2) is 32.3 Å². The number of nitrogens with zero attached hydrogens (tertiary/aromatic N) is 1. The van der Waals surface area contributed by atoms with E-state index in [1.54, 1.807) is 24.3 Å². The predicted octanol–water partition coefficient (Wildman–Crippen LogP) is 1.87. The quantitative estimate of drug-likeness (QED) is 0.883. The van der Waals surface area contributed by atoms with Gasteiger partial charge in [-0.3, -0.25) is 4.79 Å². The van der Waals surface area contributed by atoms with Crippen LogP contribution >= 0.6 is 0 Å². The van der Waals surface area contributed by atoms with Crippen LogP contribution in [0.2, 0.25) is 0 Å². The van der Waals surface area contributed by atoms with Gasteiger partial charge in [-0.15, -0.1) is 0 Å². The predicted molar refractivity (Wildman–Crippen MR) is 94.1 cm³/mol. The summed E-state index contributed by atoms with van der Waals surface area (Å²) in [6.45, 7) is 0.846. The van der Waals surface area contributed by atoms with Crippen molar-refractivity contribution in [3.05, 3.63) is 70.8 Å². The van der Waals surface area contributed by atoms with Crippen LogP contribution in [0.4, 0.5) is 0 Å². The Morgan fingerprint density at radius 1 is 1.12 bits per heavy atom. The van der Waals surface area contributed by atoms with Gasteiger partial charge in [-0.2, -0.15) is 12.7 Å². The molecule has 3 rings (SSSR count). The Morgan fingerprint density at radius 3 is 2.56 bits per heavy atom. The first-order valence-corrected chi connectivity index (χ1v) is 9.41. The Balaban J connectivity index is 1.77. The molecule has 1 N–H and O–H groups in total. The molecule has 1 heterocycles. The van der Waals surface area contributed by atoms with Crippen LogP contribution in [0.25, 0.3) is 0 Å². The minimum Gasteiger partial charge on any atom is -0.380 e. The average molecular weight is 360 g/mol. The molecule has 0 spiro atoms. The largest absolute Gasteiger partial charge is 0.380 e. The second kappa shape index (κ2) is 7.35. The van der Waals surface area contributed by atoms with E-state index in [1.165, 1.54) is 11.4 Å². The van der Waals surface area contributed by atoms with Gasteiger partial charge in [-0.1, -0.05) is 42.5 Å². The first kappa shape index (κ1) is 17.6. The molecule has 0 saturated heterocycles. The maximum Gasteiger partial charge on any atom is 0.304 e. The molecule has 2 aromatic rings. The molecule has 0 unspecified atom stereocenters. The highest BCUT2D eigenvalue weighted by atomic mass is 32.2. The number of carbonyl (C=O) groups is 1. The van der Waals surface area contributed by atoms with Gasteiger partial charge in [0.05, 0.1) is 6.61 Å². The number of methoxy groups -OCH3 is 1. The summed E-state index contributed by atoms with van der Waals surface area (Å²) in [5.74, 6) is -0.647. The van der Waals surface area contributed by atoms with Crippen LogP contribution in [0.5, 0.6) is 0 Å². The Hall–Kier alpha value is -2.22. The molecule has 0 atom stereocenters. The van der Waals surface area contributed by atoms with Crippen molar-refractivity contribution >= 4 is 16.1 Å². The second-order valence-electron chi connectivity index (χ2n) is 5.88. The molecule has 0 saturated carbocycles. The molecule has 1 aliphatic rings. The lowest BCUT2D eigenvalue weighted by Crippen LogP contribution is -2.45. The maximum absolute atomic E-state index is 12.6. The molecule has 7 heteroatoms.